The fourth-order valence-electron chi connectivity index (χ4n) is 3.81. The number of rotatable bonds is 6. The van der Waals surface area contributed by atoms with Crippen LogP contribution in [-0.4, -0.2) is 21.4 Å². The number of amides is 1. The predicted octanol–water partition coefficient (Wildman–Crippen LogP) is 5.09. The van der Waals surface area contributed by atoms with Crippen molar-refractivity contribution >= 4 is 16.8 Å². The van der Waals surface area contributed by atoms with E-state index in [1.54, 1.807) is 6.26 Å². The van der Waals surface area contributed by atoms with Gasteiger partial charge in [0.15, 0.2) is 0 Å². The Bertz CT molecular complexity index is 1090. The zero-order valence-electron chi connectivity index (χ0n) is 15.6. The molecule has 0 radical (unpaired) electrons. The lowest BCUT2D eigenvalue weighted by molar-refractivity contribution is 0.0719. The molecule has 4 aromatic rings. The second kappa shape index (κ2) is 7.04. The van der Waals surface area contributed by atoms with Crippen LogP contribution in [0.1, 0.15) is 34.5 Å². The topological polar surface area (TPSA) is 38.4 Å². The fourth-order valence-corrected chi connectivity index (χ4v) is 3.81. The second-order valence-corrected chi connectivity index (χ2v) is 7.42. The Hall–Kier alpha value is -3.27. The van der Waals surface area contributed by atoms with Crippen LogP contribution in [0.4, 0.5) is 0 Å². The van der Waals surface area contributed by atoms with E-state index in [0.717, 1.165) is 41.6 Å². The van der Waals surface area contributed by atoms with Gasteiger partial charge >= 0.3 is 0 Å². The van der Waals surface area contributed by atoms with E-state index in [4.69, 9.17) is 4.42 Å². The first kappa shape index (κ1) is 16.9. The number of carbonyl (C=O) groups is 1. The molecule has 0 N–H and O–H groups in total. The van der Waals surface area contributed by atoms with Crippen LogP contribution < -0.4 is 0 Å². The summed E-state index contributed by atoms with van der Waals surface area (Å²) in [4.78, 5) is 15.5. The van der Waals surface area contributed by atoms with Crippen LogP contribution in [-0.2, 0) is 13.1 Å². The van der Waals surface area contributed by atoms with E-state index in [9.17, 15) is 4.79 Å². The smallest absolute Gasteiger partial charge is 0.256 e. The molecular weight excluding hydrogens is 348 g/mol. The van der Waals surface area contributed by atoms with Crippen LogP contribution in [0.5, 0.6) is 0 Å². The standard InChI is InChI=1S/C24H22N2O2/c27-24(26(19-12-13-19)16-20-9-6-14-28-20)22-17-25(15-18-7-2-1-3-8-18)23-11-5-4-10-21(22)23/h1-11,14,17,19H,12-13,15-16H2. The lowest BCUT2D eigenvalue weighted by Gasteiger charge is -2.21. The number of para-hydroxylation sites is 1. The summed E-state index contributed by atoms with van der Waals surface area (Å²) < 4.78 is 7.68. The Kier molecular flexibility index (Phi) is 4.24. The highest BCUT2D eigenvalue weighted by molar-refractivity contribution is 6.07. The van der Waals surface area contributed by atoms with Gasteiger partial charge in [-0.25, -0.2) is 0 Å². The van der Waals surface area contributed by atoms with Gasteiger partial charge in [-0.3, -0.25) is 4.79 Å². The van der Waals surface area contributed by atoms with Crippen molar-refractivity contribution < 1.29 is 9.21 Å². The monoisotopic (exact) mass is 370 g/mol. The van der Waals surface area contributed by atoms with Crippen molar-refractivity contribution in [1.82, 2.24) is 9.47 Å². The molecule has 5 rings (SSSR count). The van der Waals surface area contributed by atoms with Gasteiger partial charge in [-0.15, -0.1) is 0 Å². The quantitative estimate of drug-likeness (QED) is 0.474. The van der Waals surface area contributed by atoms with Crippen molar-refractivity contribution in [2.75, 3.05) is 0 Å². The van der Waals surface area contributed by atoms with Gasteiger partial charge in [0.1, 0.15) is 5.76 Å². The predicted molar refractivity (Wildman–Crippen MR) is 109 cm³/mol. The maximum atomic E-state index is 13.5. The first-order chi connectivity index (χ1) is 13.8. The minimum atomic E-state index is 0.0851. The minimum Gasteiger partial charge on any atom is -0.467 e. The van der Waals surface area contributed by atoms with E-state index in [1.807, 2.05) is 59.6 Å². The normalized spacial score (nSPS) is 13.7. The van der Waals surface area contributed by atoms with Crippen LogP contribution in [0.3, 0.4) is 0 Å². The van der Waals surface area contributed by atoms with Gasteiger partial charge in [-0.05, 0) is 36.6 Å². The molecular formula is C24H22N2O2. The van der Waals surface area contributed by atoms with E-state index < -0.39 is 0 Å². The molecule has 0 spiro atoms. The number of furan rings is 1. The zero-order valence-corrected chi connectivity index (χ0v) is 15.6. The summed E-state index contributed by atoms with van der Waals surface area (Å²) in [6.45, 7) is 1.27. The number of nitrogens with zero attached hydrogens (tertiary/aromatic N) is 2. The SMILES string of the molecule is O=C(c1cn(Cc2ccccc2)c2ccccc12)N(Cc1ccco1)C1CC1. The molecule has 0 saturated heterocycles. The molecule has 0 unspecified atom stereocenters. The summed E-state index contributed by atoms with van der Waals surface area (Å²) in [7, 11) is 0. The van der Waals surface area contributed by atoms with Crippen molar-refractivity contribution in [2.24, 2.45) is 0 Å². The lowest BCUT2D eigenvalue weighted by atomic mass is 10.1. The van der Waals surface area contributed by atoms with E-state index in [0.29, 0.717) is 12.6 Å². The number of hydrogen-bond donors (Lipinski definition) is 0. The number of carbonyl (C=O) groups excluding carboxylic acids is 1. The van der Waals surface area contributed by atoms with E-state index >= 15 is 0 Å². The van der Waals surface area contributed by atoms with Gasteiger partial charge in [0.2, 0.25) is 0 Å². The third-order valence-corrected chi connectivity index (χ3v) is 5.37. The van der Waals surface area contributed by atoms with Crippen LogP contribution >= 0.6 is 0 Å². The maximum absolute atomic E-state index is 13.5. The van der Waals surface area contributed by atoms with E-state index in [1.165, 1.54) is 5.56 Å². The molecule has 2 aromatic carbocycles. The van der Waals surface area contributed by atoms with E-state index in [2.05, 4.69) is 22.8 Å². The Labute approximate surface area is 164 Å². The van der Waals surface area contributed by atoms with Gasteiger partial charge in [0.25, 0.3) is 5.91 Å². The lowest BCUT2D eigenvalue weighted by Crippen LogP contribution is -2.32. The third kappa shape index (κ3) is 3.22. The summed E-state index contributed by atoms with van der Waals surface area (Å²) >= 11 is 0. The summed E-state index contributed by atoms with van der Waals surface area (Å²) in [5.74, 6) is 0.912. The number of benzene rings is 2. The Balaban J connectivity index is 1.51. The Morgan fingerprint density at radius 3 is 2.54 bits per heavy atom. The highest BCUT2D eigenvalue weighted by Gasteiger charge is 2.34. The summed E-state index contributed by atoms with van der Waals surface area (Å²) in [5.41, 5.74) is 3.07. The molecule has 1 aliphatic rings. The highest BCUT2D eigenvalue weighted by Crippen LogP contribution is 2.32. The van der Waals surface area contributed by atoms with Crippen molar-refractivity contribution in [3.8, 4) is 0 Å². The van der Waals surface area contributed by atoms with Crippen molar-refractivity contribution in [3.05, 3.63) is 96.1 Å². The number of fused-ring (bicyclic) bond motifs is 1. The fraction of sp³-hybridized carbons (Fsp3) is 0.208. The van der Waals surface area contributed by atoms with Gasteiger partial charge in [0, 0.05) is 29.7 Å². The molecule has 0 bridgehead atoms. The van der Waals surface area contributed by atoms with Crippen LogP contribution in [0.2, 0.25) is 0 Å². The minimum absolute atomic E-state index is 0.0851. The molecule has 2 aromatic heterocycles. The molecule has 1 aliphatic carbocycles. The Morgan fingerprint density at radius 2 is 1.79 bits per heavy atom. The molecule has 2 heterocycles. The van der Waals surface area contributed by atoms with Gasteiger partial charge < -0.3 is 13.9 Å². The average Bonchev–Trinajstić information content (AvgIpc) is 3.32. The summed E-state index contributed by atoms with van der Waals surface area (Å²) in [6.07, 6.45) is 5.80. The molecule has 1 fully saturated rings. The largest absolute Gasteiger partial charge is 0.467 e. The first-order valence-electron chi connectivity index (χ1n) is 9.75. The number of hydrogen-bond acceptors (Lipinski definition) is 2. The summed E-state index contributed by atoms with van der Waals surface area (Å²) in [5, 5.41) is 1.01. The van der Waals surface area contributed by atoms with Crippen LogP contribution in [0, 0.1) is 0 Å². The zero-order chi connectivity index (χ0) is 18.9. The molecule has 28 heavy (non-hydrogen) atoms. The molecule has 4 heteroatoms. The van der Waals surface area contributed by atoms with Crippen molar-refractivity contribution in [1.29, 1.82) is 0 Å². The van der Waals surface area contributed by atoms with E-state index in [-0.39, 0.29) is 5.91 Å². The average molecular weight is 370 g/mol. The Morgan fingerprint density at radius 1 is 1.00 bits per heavy atom. The van der Waals surface area contributed by atoms with Crippen LogP contribution in [0.25, 0.3) is 10.9 Å². The molecule has 140 valence electrons. The second-order valence-electron chi connectivity index (χ2n) is 7.42. The highest BCUT2D eigenvalue weighted by atomic mass is 16.3. The molecule has 0 aliphatic heterocycles. The molecule has 4 nitrogen and oxygen atoms in total. The first-order valence-corrected chi connectivity index (χ1v) is 9.75. The number of aromatic nitrogens is 1. The molecule has 1 amide bonds. The maximum Gasteiger partial charge on any atom is 0.256 e. The third-order valence-electron chi connectivity index (χ3n) is 5.37. The van der Waals surface area contributed by atoms with Gasteiger partial charge in [-0.2, -0.15) is 0 Å². The molecule has 0 atom stereocenters. The molecule has 1 saturated carbocycles. The van der Waals surface area contributed by atoms with Crippen molar-refractivity contribution in [3.63, 3.8) is 0 Å². The summed E-state index contributed by atoms with van der Waals surface area (Å²) in [6, 6.07) is 22.6. The van der Waals surface area contributed by atoms with Gasteiger partial charge in [0.05, 0.1) is 18.4 Å². The van der Waals surface area contributed by atoms with Crippen LogP contribution in [0.15, 0.2) is 83.6 Å². The van der Waals surface area contributed by atoms with Gasteiger partial charge in [-0.1, -0.05) is 48.5 Å². The van der Waals surface area contributed by atoms with Crippen molar-refractivity contribution in [2.45, 2.75) is 32.0 Å².